The maximum absolute atomic E-state index is 11.9. The molecule has 4 N–H and O–H groups in total. The van der Waals surface area contributed by atoms with Crippen molar-refractivity contribution in [2.24, 2.45) is 16.9 Å². The molecule has 4 heteroatoms. The molecule has 0 saturated heterocycles. The smallest absolute Gasteiger partial charge is 0.223 e. The van der Waals surface area contributed by atoms with Crippen molar-refractivity contribution in [2.75, 3.05) is 0 Å². The summed E-state index contributed by atoms with van der Waals surface area (Å²) < 4.78 is 0. The molecule has 19 heavy (non-hydrogen) atoms. The molecule has 110 valence electrons. The molecule has 0 aromatic carbocycles. The van der Waals surface area contributed by atoms with E-state index in [-0.39, 0.29) is 11.8 Å². The highest BCUT2D eigenvalue weighted by molar-refractivity contribution is 5.81. The second kappa shape index (κ2) is 8.18. The number of hydrogen-bond acceptors (Lipinski definition) is 2. The second-order valence-corrected chi connectivity index (χ2v) is 5.94. The zero-order valence-electron chi connectivity index (χ0n) is 12.0. The molecule has 1 aliphatic rings. The minimum atomic E-state index is -0.396. The molecule has 0 heterocycles. The molecule has 0 bridgehead atoms. The van der Waals surface area contributed by atoms with Crippen LogP contribution in [0.3, 0.4) is 0 Å². The first kappa shape index (κ1) is 16.0. The highest BCUT2D eigenvalue weighted by Crippen LogP contribution is 2.37. The third kappa shape index (κ3) is 5.62. The fraction of sp³-hybridized carbons (Fsp3) is 0.867. The van der Waals surface area contributed by atoms with Crippen LogP contribution >= 0.6 is 0 Å². The fourth-order valence-corrected chi connectivity index (χ4v) is 3.16. The van der Waals surface area contributed by atoms with E-state index in [1.54, 1.807) is 0 Å². The van der Waals surface area contributed by atoms with Gasteiger partial charge in [0, 0.05) is 11.8 Å². The van der Waals surface area contributed by atoms with Gasteiger partial charge in [-0.3, -0.25) is 9.59 Å². The van der Waals surface area contributed by atoms with Gasteiger partial charge < -0.3 is 11.5 Å². The Kier molecular flexibility index (Phi) is 6.89. The molecule has 0 atom stereocenters. The number of rotatable bonds is 5. The molecule has 0 aromatic heterocycles. The van der Waals surface area contributed by atoms with Crippen LogP contribution in [0.4, 0.5) is 0 Å². The lowest BCUT2D eigenvalue weighted by molar-refractivity contribution is -0.130. The van der Waals surface area contributed by atoms with Gasteiger partial charge in [-0.1, -0.05) is 44.9 Å². The lowest BCUT2D eigenvalue weighted by Crippen LogP contribution is -2.37. The fourth-order valence-electron chi connectivity index (χ4n) is 3.16. The van der Waals surface area contributed by atoms with Gasteiger partial charge in [0.1, 0.15) is 0 Å². The van der Waals surface area contributed by atoms with Crippen LogP contribution in [0.15, 0.2) is 0 Å². The van der Waals surface area contributed by atoms with Crippen molar-refractivity contribution in [2.45, 2.75) is 77.0 Å². The summed E-state index contributed by atoms with van der Waals surface area (Å²) >= 11 is 0. The average Bonchev–Trinajstić information content (AvgIpc) is 2.36. The number of carbonyl (C=O) groups is 2. The standard InChI is InChI=1S/C15H28N2O2/c16-13(18)9-8-12-15(14(17)19)10-6-4-2-1-3-5-7-11-15/h1-12H2,(H2,16,18)(H2,17,19). The summed E-state index contributed by atoms with van der Waals surface area (Å²) in [5.41, 5.74) is 10.5. The molecule has 4 nitrogen and oxygen atoms in total. The van der Waals surface area contributed by atoms with Crippen molar-refractivity contribution in [3.8, 4) is 0 Å². The van der Waals surface area contributed by atoms with Crippen molar-refractivity contribution in [1.29, 1.82) is 0 Å². The van der Waals surface area contributed by atoms with Gasteiger partial charge in [0.2, 0.25) is 11.8 Å². The minimum absolute atomic E-state index is 0.183. The number of carbonyl (C=O) groups excluding carboxylic acids is 2. The van der Waals surface area contributed by atoms with Crippen LogP contribution in [-0.2, 0) is 9.59 Å². The second-order valence-electron chi connectivity index (χ2n) is 5.94. The average molecular weight is 268 g/mol. The highest BCUT2D eigenvalue weighted by atomic mass is 16.1. The van der Waals surface area contributed by atoms with Crippen LogP contribution in [0.5, 0.6) is 0 Å². The zero-order valence-corrected chi connectivity index (χ0v) is 12.0. The molecule has 2 amide bonds. The molecule has 0 aromatic rings. The van der Waals surface area contributed by atoms with Gasteiger partial charge in [0.15, 0.2) is 0 Å². The van der Waals surface area contributed by atoms with Crippen LogP contribution in [-0.4, -0.2) is 11.8 Å². The maximum Gasteiger partial charge on any atom is 0.223 e. The molecule has 1 aliphatic carbocycles. The molecule has 0 unspecified atom stereocenters. The van der Waals surface area contributed by atoms with Crippen LogP contribution in [0.1, 0.15) is 77.0 Å². The third-order valence-corrected chi connectivity index (χ3v) is 4.41. The van der Waals surface area contributed by atoms with E-state index in [0.29, 0.717) is 19.3 Å². The summed E-state index contributed by atoms with van der Waals surface area (Å²) in [6.45, 7) is 0. The van der Waals surface area contributed by atoms with Crippen LogP contribution in [0, 0.1) is 5.41 Å². The first-order valence-electron chi connectivity index (χ1n) is 7.65. The van der Waals surface area contributed by atoms with Crippen molar-refractivity contribution in [3.05, 3.63) is 0 Å². The molecular weight excluding hydrogens is 240 g/mol. The first-order valence-corrected chi connectivity index (χ1v) is 7.65. The summed E-state index contributed by atoms with van der Waals surface area (Å²) in [6, 6.07) is 0. The van der Waals surface area contributed by atoms with Crippen molar-refractivity contribution >= 4 is 11.8 Å². The summed E-state index contributed by atoms with van der Waals surface area (Å²) in [5, 5.41) is 0. The van der Waals surface area contributed by atoms with Crippen molar-refractivity contribution in [3.63, 3.8) is 0 Å². The third-order valence-electron chi connectivity index (χ3n) is 4.41. The van der Waals surface area contributed by atoms with E-state index >= 15 is 0 Å². The topological polar surface area (TPSA) is 86.2 Å². The van der Waals surface area contributed by atoms with E-state index in [4.69, 9.17) is 11.5 Å². The number of primary amides is 2. The normalized spacial score (nSPS) is 20.6. The number of nitrogens with two attached hydrogens (primary N) is 2. The van der Waals surface area contributed by atoms with E-state index < -0.39 is 5.41 Å². The predicted molar refractivity (Wildman–Crippen MR) is 76.2 cm³/mol. The van der Waals surface area contributed by atoms with Crippen molar-refractivity contribution < 1.29 is 9.59 Å². The lowest BCUT2D eigenvalue weighted by atomic mass is 9.73. The van der Waals surface area contributed by atoms with Crippen molar-refractivity contribution in [1.82, 2.24) is 0 Å². The van der Waals surface area contributed by atoms with E-state index in [1.807, 2.05) is 0 Å². The Morgan fingerprint density at radius 2 is 1.32 bits per heavy atom. The van der Waals surface area contributed by atoms with Gasteiger partial charge in [-0.05, 0) is 25.7 Å². The quantitative estimate of drug-likeness (QED) is 0.803. The molecule has 0 spiro atoms. The monoisotopic (exact) mass is 268 g/mol. The number of hydrogen-bond donors (Lipinski definition) is 2. The summed E-state index contributed by atoms with van der Waals surface area (Å²) in [4.78, 5) is 22.8. The molecular formula is C15H28N2O2. The Balaban J connectivity index is 2.62. The molecule has 1 saturated carbocycles. The first-order chi connectivity index (χ1) is 9.07. The molecule has 1 rings (SSSR count). The largest absolute Gasteiger partial charge is 0.370 e. The summed E-state index contributed by atoms with van der Waals surface area (Å²) in [6.07, 6.45) is 11.8. The molecule has 0 aliphatic heterocycles. The molecule has 0 radical (unpaired) electrons. The summed E-state index contributed by atoms with van der Waals surface area (Å²) in [7, 11) is 0. The van der Waals surface area contributed by atoms with Gasteiger partial charge >= 0.3 is 0 Å². The SMILES string of the molecule is NC(=O)CCCC1(C(N)=O)CCCCCCCCC1. The summed E-state index contributed by atoms with van der Waals surface area (Å²) in [5.74, 6) is -0.475. The van der Waals surface area contributed by atoms with Crippen LogP contribution < -0.4 is 11.5 Å². The Labute approximate surface area is 116 Å². The van der Waals surface area contributed by atoms with Gasteiger partial charge in [-0.25, -0.2) is 0 Å². The van der Waals surface area contributed by atoms with E-state index in [9.17, 15) is 9.59 Å². The van der Waals surface area contributed by atoms with Crippen LogP contribution in [0.25, 0.3) is 0 Å². The van der Waals surface area contributed by atoms with E-state index in [0.717, 1.165) is 25.7 Å². The molecule has 1 fully saturated rings. The Morgan fingerprint density at radius 3 is 1.74 bits per heavy atom. The predicted octanol–water partition coefficient (Wildman–Crippen LogP) is 2.64. The van der Waals surface area contributed by atoms with Gasteiger partial charge in [0.05, 0.1) is 0 Å². The Hall–Kier alpha value is -1.06. The minimum Gasteiger partial charge on any atom is -0.370 e. The highest BCUT2D eigenvalue weighted by Gasteiger charge is 2.35. The van der Waals surface area contributed by atoms with Gasteiger partial charge in [-0.15, -0.1) is 0 Å². The Morgan fingerprint density at radius 1 is 0.842 bits per heavy atom. The van der Waals surface area contributed by atoms with E-state index in [2.05, 4.69) is 0 Å². The lowest BCUT2D eigenvalue weighted by Gasteiger charge is -2.31. The Bertz CT molecular complexity index is 293. The number of amides is 2. The van der Waals surface area contributed by atoms with E-state index in [1.165, 1.54) is 32.1 Å². The maximum atomic E-state index is 11.9. The zero-order chi connectivity index (χ0) is 14.1. The van der Waals surface area contributed by atoms with Crippen LogP contribution in [0.2, 0.25) is 0 Å². The van der Waals surface area contributed by atoms with Gasteiger partial charge in [-0.2, -0.15) is 0 Å². The van der Waals surface area contributed by atoms with Gasteiger partial charge in [0.25, 0.3) is 0 Å².